The number of carbonyl (C=O) groups is 1. The predicted molar refractivity (Wildman–Crippen MR) is 63.6 cm³/mol. The highest BCUT2D eigenvalue weighted by Crippen LogP contribution is 2.12. The largest absolute Gasteiger partial charge is 0.481 e. The van der Waals surface area contributed by atoms with Gasteiger partial charge in [0.05, 0.1) is 25.2 Å². The molecule has 4 N–H and O–H groups in total. The summed E-state index contributed by atoms with van der Waals surface area (Å²) < 4.78 is 5.19. The van der Waals surface area contributed by atoms with Gasteiger partial charge in [-0.05, 0) is 0 Å². The molecule has 1 saturated heterocycles. The molecule has 0 atom stereocenters. The molecule has 18 heavy (non-hydrogen) atoms. The number of H-pyrrole nitrogens is 1. The van der Waals surface area contributed by atoms with Crippen molar-refractivity contribution >= 4 is 17.7 Å². The summed E-state index contributed by atoms with van der Waals surface area (Å²) in [4.78, 5) is 30.8. The molecule has 1 aliphatic rings. The summed E-state index contributed by atoms with van der Waals surface area (Å²) in [6, 6.07) is 0. The van der Waals surface area contributed by atoms with E-state index in [-0.39, 0.29) is 11.4 Å². The quantitative estimate of drug-likeness (QED) is 0.620. The lowest BCUT2D eigenvalue weighted by molar-refractivity contribution is -0.136. The minimum Gasteiger partial charge on any atom is -0.481 e. The van der Waals surface area contributed by atoms with E-state index in [9.17, 15) is 9.59 Å². The molecule has 0 amide bonds. The summed E-state index contributed by atoms with van der Waals surface area (Å²) >= 11 is 0. The Bertz CT molecular complexity index is 507. The third-order valence-corrected chi connectivity index (χ3v) is 2.67. The number of nitrogens with two attached hydrogens (primary N) is 1. The number of carboxylic acid groups (broad SMARTS) is 1. The number of nitrogen functional groups attached to an aromatic ring is 1. The molecule has 2 rings (SSSR count). The van der Waals surface area contributed by atoms with Gasteiger partial charge in [-0.3, -0.25) is 14.6 Å². The van der Waals surface area contributed by atoms with E-state index in [1.165, 1.54) is 0 Å². The van der Waals surface area contributed by atoms with Crippen LogP contribution in [0.15, 0.2) is 4.79 Å². The van der Waals surface area contributed by atoms with E-state index in [1.807, 2.05) is 4.90 Å². The van der Waals surface area contributed by atoms with E-state index in [2.05, 4.69) is 9.97 Å². The summed E-state index contributed by atoms with van der Waals surface area (Å²) in [5, 5.41) is 8.67. The normalized spacial score (nSPS) is 15.7. The number of rotatable bonds is 3. The van der Waals surface area contributed by atoms with Crippen LogP contribution in [0.25, 0.3) is 0 Å². The first-order valence-electron chi connectivity index (χ1n) is 5.51. The summed E-state index contributed by atoms with van der Waals surface area (Å²) in [5.41, 5.74) is 5.10. The number of morpholine rings is 1. The Morgan fingerprint density at radius 3 is 2.72 bits per heavy atom. The molecule has 8 heteroatoms. The molecule has 1 aromatic heterocycles. The molecule has 0 spiro atoms. The lowest BCUT2D eigenvalue weighted by Gasteiger charge is -2.27. The summed E-state index contributed by atoms with van der Waals surface area (Å²) in [6.45, 7) is 2.34. The molecule has 98 valence electrons. The van der Waals surface area contributed by atoms with Gasteiger partial charge in [0.2, 0.25) is 5.95 Å². The summed E-state index contributed by atoms with van der Waals surface area (Å²) in [6.07, 6.45) is -0.433. The predicted octanol–water partition coefficient (Wildman–Crippen LogP) is -1.18. The van der Waals surface area contributed by atoms with Crippen molar-refractivity contribution in [1.82, 2.24) is 9.97 Å². The van der Waals surface area contributed by atoms with Crippen molar-refractivity contribution in [1.29, 1.82) is 0 Å². The van der Waals surface area contributed by atoms with Crippen LogP contribution in [-0.2, 0) is 16.0 Å². The lowest BCUT2D eigenvalue weighted by atomic mass is 10.2. The average molecular weight is 254 g/mol. The van der Waals surface area contributed by atoms with Crippen LogP contribution >= 0.6 is 0 Å². The van der Waals surface area contributed by atoms with Gasteiger partial charge in [-0.15, -0.1) is 0 Å². The van der Waals surface area contributed by atoms with Crippen molar-refractivity contribution in [2.75, 3.05) is 36.9 Å². The zero-order chi connectivity index (χ0) is 13.1. The van der Waals surface area contributed by atoms with Gasteiger partial charge in [0.25, 0.3) is 5.56 Å². The zero-order valence-corrected chi connectivity index (χ0v) is 9.68. The highest BCUT2D eigenvalue weighted by Gasteiger charge is 2.17. The van der Waals surface area contributed by atoms with Crippen molar-refractivity contribution in [3.8, 4) is 0 Å². The zero-order valence-electron chi connectivity index (χ0n) is 9.68. The second-order valence-corrected chi connectivity index (χ2v) is 3.92. The monoisotopic (exact) mass is 254 g/mol. The van der Waals surface area contributed by atoms with Crippen molar-refractivity contribution in [3.05, 3.63) is 15.9 Å². The maximum absolute atomic E-state index is 11.7. The maximum atomic E-state index is 11.7. The third-order valence-electron chi connectivity index (χ3n) is 2.67. The molecule has 2 heterocycles. The van der Waals surface area contributed by atoms with Crippen molar-refractivity contribution in [3.63, 3.8) is 0 Å². The molecule has 0 bridgehead atoms. The molecular weight excluding hydrogens is 240 g/mol. The Labute approximate surface area is 102 Å². The number of nitrogens with one attached hydrogen (secondary N) is 1. The smallest absolute Gasteiger partial charge is 0.308 e. The number of aliphatic carboxylic acids is 1. The van der Waals surface area contributed by atoms with E-state index in [1.54, 1.807) is 0 Å². The molecule has 0 saturated carbocycles. The number of hydrogen-bond acceptors (Lipinski definition) is 6. The Kier molecular flexibility index (Phi) is 3.47. The van der Waals surface area contributed by atoms with Gasteiger partial charge in [0, 0.05) is 13.1 Å². The molecular formula is C10H14N4O4. The fourth-order valence-electron chi connectivity index (χ4n) is 1.75. The van der Waals surface area contributed by atoms with Crippen LogP contribution in [0.5, 0.6) is 0 Å². The minimum atomic E-state index is -1.12. The van der Waals surface area contributed by atoms with Crippen LogP contribution in [0, 0.1) is 0 Å². The fourth-order valence-corrected chi connectivity index (χ4v) is 1.75. The molecule has 8 nitrogen and oxygen atoms in total. The maximum Gasteiger partial charge on any atom is 0.308 e. The number of nitrogens with zero attached hydrogens (tertiary/aromatic N) is 2. The SMILES string of the molecule is Nc1nc(N2CCOCC2)[nH]c(=O)c1CC(=O)O. The Hall–Kier alpha value is -2.09. The van der Waals surface area contributed by atoms with Crippen LogP contribution in [-0.4, -0.2) is 47.3 Å². The third kappa shape index (κ3) is 2.59. The van der Waals surface area contributed by atoms with Gasteiger partial charge in [-0.2, -0.15) is 4.98 Å². The molecule has 1 fully saturated rings. The topological polar surface area (TPSA) is 122 Å². The molecule has 0 aromatic carbocycles. The molecule has 0 unspecified atom stereocenters. The first kappa shape index (κ1) is 12.4. The van der Waals surface area contributed by atoms with Crippen molar-refractivity contribution in [2.45, 2.75) is 6.42 Å². The van der Waals surface area contributed by atoms with E-state index in [4.69, 9.17) is 15.6 Å². The first-order chi connectivity index (χ1) is 8.58. The summed E-state index contributed by atoms with van der Waals surface area (Å²) in [5.74, 6) is -0.800. The first-order valence-corrected chi connectivity index (χ1v) is 5.51. The number of aromatic nitrogens is 2. The van der Waals surface area contributed by atoms with Crippen molar-refractivity contribution in [2.24, 2.45) is 0 Å². The fraction of sp³-hybridized carbons (Fsp3) is 0.500. The lowest BCUT2D eigenvalue weighted by Crippen LogP contribution is -2.38. The van der Waals surface area contributed by atoms with Crippen LogP contribution in [0.2, 0.25) is 0 Å². The van der Waals surface area contributed by atoms with Gasteiger partial charge in [-0.25, -0.2) is 0 Å². The second-order valence-electron chi connectivity index (χ2n) is 3.92. The van der Waals surface area contributed by atoms with E-state index < -0.39 is 17.9 Å². The number of anilines is 2. The summed E-state index contributed by atoms with van der Waals surface area (Å²) in [7, 11) is 0. The van der Waals surface area contributed by atoms with Gasteiger partial charge in [-0.1, -0.05) is 0 Å². The Balaban J connectivity index is 2.29. The van der Waals surface area contributed by atoms with Gasteiger partial charge >= 0.3 is 5.97 Å². The highest BCUT2D eigenvalue weighted by atomic mass is 16.5. The molecule has 1 aromatic rings. The Morgan fingerprint density at radius 1 is 1.50 bits per heavy atom. The average Bonchev–Trinajstić information content (AvgIpc) is 2.34. The second kappa shape index (κ2) is 5.05. The molecule has 0 aliphatic carbocycles. The number of carboxylic acids is 1. The van der Waals surface area contributed by atoms with Gasteiger partial charge in [0.1, 0.15) is 5.82 Å². The van der Waals surface area contributed by atoms with E-state index >= 15 is 0 Å². The number of hydrogen-bond donors (Lipinski definition) is 3. The van der Waals surface area contributed by atoms with Crippen molar-refractivity contribution < 1.29 is 14.6 Å². The minimum absolute atomic E-state index is 0.0143. The van der Waals surface area contributed by atoms with Crippen LogP contribution in [0.4, 0.5) is 11.8 Å². The standard InChI is InChI=1S/C10H14N4O4/c11-8-6(5-7(15)16)9(17)13-10(12-8)14-1-3-18-4-2-14/h1-5H2,(H,15,16)(H3,11,12,13,17). The van der Waals surface area contributed by atoms with E-state index in [0.717, 1.165) is 0 Å². The van der Waals surface area contributed by atoms with Gasteiger partial charge < -0.3 is 20.5 Å². The molecule has 0 radical (unpaired) electrons. The molecule has 1 aliphatic heterocycles. The number of aromatic amines is 1. The van der Waals surface area contributed by atoms with Crippen LogP contribution in [0.3, 0.4) is 0 Å². The highest BCUT2D eigenvalue weighted by molar-refractivity contribution is 5.72. The van der Waals surface area contributed by atoms with Gasteiger partial charge in [0.15, 0.2) is 0 Å². The van der Waals surface area contributed by atoms with E-state index in [0.29, 0.717) is 32.3 Å². The Morgan fingerprint density at radius 2 is 2.17 bits per heavy atom. The van der Waals surface area contributed by atoms with Crippen LogP contribution in [0.1, 0.15) is 5.56 Å². The van der Waals surface area contributed by atoms with Crippen LogP contribution < -0.4 is 16.2 Å². The number of ether oxygens (including phenoxy) is 1.